The number of hydrogen-bond acceptors (Lipinski definition) is 1. The average molecular weight is 255 g/mol. The zero-order valence-corrected chi connectivity index (χ0v) is 12.6. The van der Waals surface area contributed by atoms with Crippen LogP contribution in [0.4, 0.5) is 0 Å². The van der Waals surface area contributed by atoms with Gasteiger partial charge >= 0.3 is 0 Å². The molecule has 0 saturated carbocycles. The van der Waals surface area contributed by atoms with Gasteiger partial charge in [-0.3, -0.25) is 9.69 Å². The summed E-state index contributed by atoms with van der Waals surface area (Å²) in [6.07, 6.45) is 9.89. The number of hydrogen-bond donors (Lipinski definition) is 0. The van der Waals surface area contributed by atoms with Gasteiger partial charge in [-0.1, -0.05) is 32.6 Å². The van der Waals surface area contributed by atoms with Crippen molar-refractivity contribution in [1.82, 2.24) is 4.90 Å². The van der Waals surface area contributed by atoms with Crippen LogP contribution in [-0.4, -0.2) is 49.1 Å². The molecule has 1 fully saturated rings. The molecule has 0 bridgehead atoms. The van der Waals surface area contributed by atoms with Crippen molar-refractivity contribution in [2.45, 2.75) is 58.3 Å². The highest BCUT2D eigenvalue weighted by molar-refractivity contribution is 5.77. The molecule has 0 aromatic carbocycles. The third-order valence-electron chi connectivity index (χ3n) is 3.84. The van der Waals surface area contributed by atoms with E-state index in [-0.39, 0.29) is 0 Å². The van der Waals surface area contributed by atoms with Crippen molar-refractivity contribution < 1.29 is 9.28 Å². The SMILES string of the molecule is CCCCCCCC[N+](C)(C)CN1CCCC1=O. The van der Waals surface area contributed by atoms with E-state index in [2.05, 4.69) is 21.0 Å². The molecule has 1 amide bonds. The van der Waals surface area contributed by atoms with Gasteiger partial charge < -0.3 is 4.48 Å². The molecule has 18 heavy (non-hydrogen) atoms. The fourth-order valence-corrected chi connectivity index (χ4v) is 2.71. The number of rotatable bonds is 9. The van der Waals surface area contributed by atoms with Crippen LogP contribution in [0.3, 0.4) is 0 Å². The monoisotopic (exact) mass is 255 g/mol. The van der Waals surface area contributed by atoms with E-state index in [0.29, 0.717) is 5.91 Å². The predicted octanol–water partition coefficient (Wildman–Crippen LogP) is 3.00. The third-order valence-corrected chi connectivity index (χ3v) is 3.84. The molecule has 1 heterocycles. The normalized spacial score (nSPS) is 16.6. The first-order valence-corrected chi connectivity index (χ1v) is 7.65. The summed E-state index contributed by atoms with van der Waals surface area (Å²) in [7, 11) is 4.50. The van der Waals surface area contributed by atoms with Crippen molar-refractivity contribution in [3.63, 3.8) is 0 Å². The fraction of sp³-hybridized carbons (Fsp3) is 0.933. The zero-order chi connectivity index (χ0) is 13.4. The maximum atomic E-state index is 11.6. The molecule has 3 nitrogen and oxygen atoms in total. The number of carbonyl (C=O) groups is 1. The van der Waals surface area contributed by atoms with Gasteiger partial charge in [0.15, 0.2) is 6.67 Å². The van der Waals surface area contributed by atoms with E-state index in [4.69, 9.17) is 0 Å². The smallest absolute Gasteiger partial charge is 0.226 e. The molecule has 0 N–H and O–H groups in total. The van der Waals surface area contributed by atoms with Gasteiger partial charge in [0.1, 0.15) is 0 Å². The van der Waals surface area contributed by atoms with Crippen LogP contribution in [0.5, 0.6) is 0 Å². The molecular weight excluding hydrogens is 224 g/mol. The topological polar surface area (TPSA) is 20.3 Å². The molecule has 1 rings (SSSR count). The molecule has 0 spiro atoms. The molecule has 1 aliphatic rings. The van der Waals surface area contributed by atoms with Crippen molar-refractivity contribution in [3.8, 4) is 0 Å². The first-order valence-electron chi connectivity index (χ1n) is 7.65. The van der Waals surface area contributed by atoms with Crippen molar-refractivity contribution >= 4 is 5.91 Å². The lowest BCUT2D eigenvalue weighted by molar-refractivity contribution is -0.899. The number of unbranched alkanes of at least 4 members (excludes halogenated alkanes) is 5. The molecule has 1 saturated heterocycles. The second-order valence-electron chi connectivity index (χ2n) is 6.33. The Kier molecular flexibility index (Phi) is 6.69. The van der Waals surface area contributed by atoms with Crippen LogP contribution in [0, 0.1) is 0 Å². The third kappa shape index (κ3) is 5.85. The largest absolute Gasteiger partial charge is 0.311 e. The van der Waals surface area contributed by atoms with E-state index in [0.717, 1.165) is 30.5 Å². The second-order valence-corrected chi connectivity index (χ2v) is 6.33. The summed E-state index contributed by atoms with van der Waals surface area (Å²) in [5, 5.41) is 0. The summed E-state index contributed by atoms with van der Waals surface area (Å²) >= 11 is 0. The van der Waals surface area contributed by atoms with Crippen molar-refractivity contribution in [1.29, 1.82) is 0 Å². The number of nitrogens with zero attached hydrogens (tertiary/aromatic N) is 2. The summed E-state index contributed by atoms with van der Waals surface area (Å²) in [6.45, 7) is 5.31. The van der Waals surface area contributed by atoms with E-state index < -0.39 is 0 Å². The number of amides is 1. The Morgan fingerprint density at radius 3 is 2.39 bits per heavy atom. The summed E-state index contributed by atoms with van der Waals surface area (Å²) < 4.78 is 0.958. The Morgan fingerprint density at radius 1 is 1.11 bits per heavy atom. The van der Waals surface area contributed by atoms with Gasteiger partial charge in [-0.25, -0.2) is 0 Å². The lowest BCUT2D eigenvalue weighted by Gasteiger charge is -2.33. The van der Waals surface area contributed by atoms with E-state index in [9.17, 15) is 4.79 Å². The van der Waals surface area contributed by atoms with Crippen LogP contribution in [0.15, 0.2) is 0 Å². The van der Waals surface area contributed by atoms with Crippen molar-refractivity contribution in [2.24, 2.45) is 0 Å². The molecule has 1 aliphatic heterocycles. The highest BCUT2D eigenvalue weighted by Crippen LogP contribution is 2.14. The summed E-state index contributed by atoms with van der Waals surface area (Å²) in [6, 6.07) is 0. The molecule has 106 valence electrons. The van der Waals surface area contributed by atoms with E-state index in [1.807, 2.05) is 4.90 Å². The molecule has 3 heteroatoms. The molecule has 0 atom stereocenters. The molecule has 0 radical (unpaired) electrons. The fourth-order valence-electron chi connectivity index (χ4n) is 2.71. The Labute approximate surface area is 113 Å². The van der Waals surface area contributed by atoms with Crippen LogP contribution in [0.25, 0.3) is 0 Å². The average Bonchev–Trinajstić information content (AvgIpc) is 2.69. The molecular formula is C15H31N2O+. The lowest BCUT2D eigenvalue weighted by Crippen LogP contribution is -2.49. The molecule has 0 aliphatic carbocycles. The Morgan fingerprint density at radius 2 is 1.78 bits per heavy atom. The highest BCUT2D eigenvalue weighted by Gasteiger charge is 2.26. The van der Waals surface area contributed by atoms with Crippen LogP contribution in [0.2, 0.25) is 0 Å². The lowest BCUT2D eigenvalue weighted by atomic mass is 10.1. The minimum Gasteiger partial charge on any atom is -0.311 e. The molecule has 0 unspecified atom stereocenters. The highest BCUT2D eigenvalue weighted by atomic mass is 16.2. The van der Waals surface area contributed by atoms with Gasteiger partial charge in [-0.05, 0) is 19.3 Å². The van der Waals surface area contributed by atoms with Crippen LogP contribution in [0.1, 0.15) is 58.3 Å². The van der Waals surface area contributed by atoms with Crippen molar-refractivity contribution in [2.75, 3.05) is 33.9 Å². The maximum Gasteiger partial charge on any atom is 0.226 e. The minimum atomic E-state index is 0.351. The van der Waals surface area contributed by atoms with Crippen molar-refractivity contribution in [3.05, 3.63) is 0 Å². The summed E-state index contributed by atoms with van der Waals surface area (Å²) in [5.74, 6) is 0.351. The summed E-state index contributed by atoms with van der Waals surface area (Å²) in [4.78, 5) is 13.7. The van der Waals surface area contributed by atoms with E-state index >= 15 is 0 Å². The van der Waals surface area contributed by atoms with Gasteiger partial charge in [0, 0.05) is 13.0 Å². The minimum absolute atomic E-state index is 0.351. The Hall–Kier alpha value is -0.570. The first-order chi connectivity index (χ1) is 8.55. The van der Waals surface area contributed by atoms with Gasteiger partial charge in [-0.2, -0.15) is 0 Å². The quantitative estimate of drug-likeness (QED) is 0.458. The Bertz CT molecular complexity index is 251. The van der Waals surface area contributed by atoms with E-state index in [1.165, 1.54) is 45.1 Å². The summed E-state index contributed by atoms with van der Waals surface area (Å²) in [5.41, 5.74) is 0. The van der Waals surface area contributed by atoms with Crippen LogP contribution in [-0.2, 0) is 4.79 Å². The first kappa shape index (κ1) is 15.5. The second kappa shape index (κ2) is 7.78. The Balaban J connectivity index is 2.12. The maximum absolute atomic E-state index is 11.6. The molecule has 0 aromatic heterocycles. The van der Waals surface area contributed by atoms with Gasteiger partial charge in [0.25, 0.3) is 0 Å². The predicted molar refractivity (Wildman–Crippen MR) is 76.2 cm³/mol. The number of likely N-dealkylation sites (tertiary alicyclic amines) is 1. The van der Waals surface area contributed by atoms with Crippen LogP contribution >= 0.6 is 0 Å². The van der Waals surface area contributed by atoms with Gasteiger partial charge in [0.2, 0.25) is 5.91 Å². The molecule has 0 aromatic rings. The standard InChI is InChI=1S/C15H31N2O/c1-4-5-6-7-8-9-13-17(2,3)14-16-12-10-11-15(16)18/h4-14H2,1-3H3/q+1. The van der Waals surface area contributed by atoms with Gasteiger partial charge in [-0.15, -0.1) is 0 Å². The van der Waals surface area contributed by atoms with Crippen LogP contribution < -0.4 is 0 Å². The number of quaternary nitrogens is 1. The number of carbonyl (C=O) groups excluding carboxylic acids is 1. The van der Waals surface area contributed by atoms with Gasteiger partial charge in [0.05, 0.1) is 20.6 Å². The zero-order valence-electron chi connectivity index (χ0n) is 12.6. The van der Waals surface area contributed by atoms with E-state index in [1.54, 1.807) is 0 Å².